The van der Waals surface area contributed by atoms with Gasteiger partial charge in [0.2, 0.25) is 0 Å². The van der Waals surface area contributed by atoms with E-state index in [1.165, 1.54) is 0 Å². The van der Waals surface area contributed by atoms with Crippen molar-refractivity contribution < 1.29 is 42.7 Å². The normalized spacial score (nSPS) is 11.2. The van der Waals surface area contributed by atoms with Gasteiger partial charge in [-0.1, -0.05) is 6.58 Å². The monoisotopic (exact) mass is 406 g/mol. The van der Waals surface area contributed by atoms with E-state index in [1.807, 2.05) is 0 Å². The maximum atomic E-state index is 11.4. The lowest BCUT2D eigenvalue weighted by Crippen LogP contribution is -2.27. The first-order valence-electron chi connectivity index (χ1n) is 9.25. The van der Waals surface area contributed by atoms with Crippen molar-refractivity contribution in [1.82, 2.24) is 0 Å². The first-order chi connectivity index (χ1) is 13.3. The molecule has 0 aliphatic heterocycles. The van der Waals surface area contributed by atoms with Crippen LogP contribution in [0.15, 0.2) is 12.7 Å². The molecule has 0 aromatic rings. The smallest absolute Gasteiger partial charge is 0.332 e. The zero-order valence-corrected chi connectivity index (χ0v) is 17.2. The molecule has 0 bridgehead atoms. The Morgan fingerprint density at radius 1 is 0.714 bits per heavy atom. The first-order valence-corrected chi connectivity index (χ1v) is 9.25. The van der Waals surface area contributed by atoms with Gasteiger partial charge in [-0.15, -0.1) is 0 Å². The fraction of sp³-hybridized carbons (Fsp3) is 0.789. The predicted octanol–water partition coefficient (Wildman–Crippen LogP) is 1.14. The van der Waals surface area contributed by atoms with Crippen molar-refractivity contribution in [3.05, 3.63) is 12.7 Å². The maximum absolute atomic E-state index is 11.4. The highest BCUT2D eigenvalue weighted by atomic mass is 16.6. The van der Waals surface area contributed by atoms with Crippen molar-refractivity contribution in [2.75, 3.05) is 72.7 Å². The van der Waals surface area contributed by atoms with Gasteiger partial charge in [0.25, 0.3) is 0 Å². The lowest BCUT2D eigenvalue weighted by Gasteiger charge is -2.19. The minimum atomic E-state index is -0.507. The molecule has 9 heteroatoms. The van der Waals surface area contributed by atoms with Gasteiger partial charge in [0.1, 0.15) is 18.8 Å². The van der Waals surface area contributed by atoms with E-state index in [0.29, 0.717) is 59.5 Å². The van der Waals surface area contributed by atoms with E-state index in [-0.39, 0.29) is 13.2 Å². The second-order valence-electron chi connectivity index (χ2n) is 6.46. The van der Waals surface area contributed by atoms with Crippen molar-refractivity contribution >= 4 is 11.9 Å². The number of hydrogen-bond donors (Lipinski definition) is 0. The zero-order valence-electron chi connectivity index (χ0n) is 17.2. The largest absolute Gasteiger partial charge is 0.460 e. The van der Waals surface area contributed by atoms with Gasteiger partial charge in [0.15, 0.2) is 0 Å². The highest BCUT2D eigenvalue weighted by Crippen LogP contribution is 2.06. The lowest BCUT2D eigenvalue weighted by molar-refractivity contribution is -0.160. The summed E-state index contributed by atoms with van der Waals surface area (Å²) in [6.45, 7) is 12.5. The van der Waals surface area contributed by atoms with E-state index in [9.17, 15) is 9.59 Å². The van der Waals surface area contributed by atoms with E-state index in [0.717, 1.165) is 6.08 Å². The predicted molar refractivity (Wildman–Crippen MR) is 101 cm³/mol. The number of rotatable bonds is 18. The standard InChI is InChI=1S/C19H34O9/c1-5-17(20)27-15-14-25-11-10-23-7-6-22-8-9-24-12-13-26-16-18(21)28-19(2,3)4/h5H,1,6-16H2,2-4H3. The molecule has 0 aromatic carbocycles. The van der Waals surface area contributed by atoms with Gasteiger partial charge < -0.3 is 33.2 Å². The van der Waals surface area contributed by atoms with Gasteiger partial charge in [0, 0.05) is 6.08 Å². The van der Waals surface area contributed by atoms with Gasteiger partial charge >= 0.3 is 11.9 Å². The van der Waals surface area contributed by atoms with E-state index < -0.39 is 17.5 Å². The average Bonchev–Trinajstić information content (AvgIpc) is 2.62. The Balaban J connectivity index is 3.17. The van der Waals surface area contributed by atoms with Crippen molar-refractivity contribution in [3.63, 3.8) is 0 Å². The summed E-state index contributed by atoms with van der Waals surface area (Å²) in [4.78, 5) is 22.2. The third-order valence-corrected chi connectivity index (χ3v) is 2.77. The Kier molecular flexibility index (Phi) is 16.6. The van der Waals surface area contributed by atoms with Crippen LogP contribution in [0.5, 0.6) is 0 Å². The molecule has 0 amide bonds. The van der Waals surface area contributed by atoms with Gasteiger partial charge in [-0.05, 0) is 20.8 Å². The van der Waals surface area contributed by atoms with Gasteiger partial charge in [0.05, 0.1) is 59.5 Å². The Hall–Kier alpha value is -1.52. The van der Waals surface area contributed by atoms with Gasteiger partial charge in [-0.3, -0.25) is 0 Å². The highest BCUT2D eigenvalue weighted by Gasteiger charge is 2.15. The number of carbonyl (C=O) groups excluding carboxylic acids is 2. The summed E-state index contributed by atoms with van der Waals surface area (Å²) in [6, 6.07) is 0. The van der Waals surface area contributed by atoms with Crippen LogP contribution in [-0.4, -0.2) is 90.2 Å². The molecule has 0 spiro atoms. The van der Waals surface area contributed by atoms with E-state index >= 15 is 0 Å². The summed E-state index contributed by atoms with van der Waals surface area (Å²) < 4.78 is 36.2. The minimum absolute atomic E-state index is 0.0852. The minimum Gasteiger partial charge on any atom is -0.460 e. The fourth-order valence-electron chi connectivity index (χ4n) is 1.67. The summed E-state index contributed by atoms with van der Waals surface area (Å²) in [6.07, 6.45) is 1.11. The Bertz CT molecular complexity index is 418. The summed E-state index contributed by atoms with van der Waals surface area (Å²) in [5.41, 5.74) is -0.507. The quantitative estimate of drug-likeness (QED) is 0.188. The van der Waals surface area contributed by atoms with Crippen LogP contribution < -0.4 is 0 Å². The second-order valence-corrected chi connectivity index (χ2v) is 6.46. The van der Waals surface area contributed by atoms with Crippen LogP contribution >= 0.6 is 0 Å². The average molecular weight is 406 g/mol. The number of ether oxygens (including phenoxy) is 7. The molecule has 0 saturated heterocycles. The SMILES string of the molecule is C=CC(=O)OCCOCCOCCOCCOCCOCC(=O)OC(C)(C)C. The van der Waals surface area contributed by atoms with Crippen LogP contribution in [-0.2, 0) is 42.7 Å². The van der Waals surface area contributed by atoms with Crippen LogP contribution in [0, 0.1) is 0 Å². The van der Waals surface area contributed by atoms with Crippen LogP contribution in [0.2, 0.25) is 0 Å². The number of hydrogen-bond acceptors (Lipinski definition) is 9. The molecule has 0 aliphatic rings. The van der Waals surface area contributed by atoms with Gasteiger partial charge in [-0.2, -0.15) is 0 Å². The van der Waals surface area contributed by atoms with Crippen LogP contribution in [0.4, 0.5) is 0 Å². The molecule has 0 unspecified atom stereocenters. The molecule has 28 heavy (non-hydrogen) atoms. The number of carbonyl (C=O) groups is 2. The van der Waals surface area contributed by atoms with Crippen LogP contribution in [0.1, 0.15) is 20.8 Å². The summed E-state index contributed by atoms with van der Waals surface area (Å²) in [5, 5.41) is 0. The molecule has 0 N–H and O–H groups in total. The van der Waals surface area contributed by atoms with E-state index in [4.69, 9.17) is 33.2 Å². The second kappa shape index (κ2) is 17.6. The molecule has 0 atom stereocenters. The zero-order chi connectivity index (χ0) is 21.1. The van der Waals surface area contributed by atoms with Crippen LogP contribution in [0.3, 0.4) is 0 Å². The molecule has 0 aliphatic carbocycles. The molecule has 0 aromatic heterocycles. The Morgan fingerprint density at radius 3 is 1.50 bits per heavy atom. The van der Waals surface area contributed by atoms with Crippen molar-refractivity contribution in [2.45, 2.75) is 26.4 Å². The Morgan fingerprint density at radius 2 is 1.11 bits per heavy atom. The van der Waals surface area contributed by atoms with Crippen LogP contribution in [0.25, 0.3) is 0 Å². The molecule has 9 nitrogen and oxygen atoms in total. The molecule has 0 rings (SSSR count). The maximum Gasteiger partial charge on any atom is 0.332 e. The first kappa shape index (κ1) is 26.5. The highest BCUT2D eigenvalue weighted by molar-refractivity contribution is 5.81. The molecule has 0 fully saturated rings. The molecular formula is C19H34O9. The fourth-order valence-corrected chi connectivity index (χ4v) is 1.67. The molecule has 0 radical (unpaired) electrons. The number of esters is 2. The van der Waals surface area contributed by atoms with Gasteiger partial charge in [-0.25, -0.2) is 9.59 Å². The van der Waals surface area contributed by atoms with Crippen molar-refractivity contribution in [2.24, 2.45) is 0 Å². The van der Waals surface area contributed by atoms with E-state index in [2.05, 4.69) is 6.58 Å². The molecule has 164 valence electrons. The summed E-state index contributed by atoms with van der Waals surface area (Å²) in [5.74, 6) is -0.855. The molecule has 0 saturated carbocycles. The Labute approximate surface area is 167 Å². The van der Waals surface area contributed by atoms with Crippen molar-refractivity contribution in [1.29, 1.82) is 0 Å². The lowest BCUT2D eigenvalue weighted by atomic mass is 10.2. The van der Waals surface area contributed by atoms with Crippen molar-refractivity contribution in [3.8, 4) is 0 Å². The molecule has 0 heterocycles. The summed E-state index contributed by atoms with van der Waals surface area (Å²) in [7, 11) is 0. The third kappa shape index (κ3) is 20.8. The van der Waals surface area contributed by atoms with E-state index in [1.54, 1.807) is 20.8 Å². The summed E-state index contributed by atoms with van der Waals surface area (Å²) >= 11 is 0. The topological polar surface area (TPSA) is 98.8 Å². The molecular weight excluding hydrogens is 372 g/mol. The third-order valence-electron chi connectivity index (χ3n) is 2.77.